The van der Waals surface area contributed by atoms with Gasteiger partial charge in [-0.3, -0.25) is 0 Å². The minimum Gasteiger partial charge on any atom is -0.475 e. The Labute approximate surface area is 141 Å². The van der Waals surface area contributed by atoms with Crippen LogP contribution >= 0.6 is 7.14 Å². The summed E-state index contributed by atoms with van der Waals surface area (Å²) in [5.41, 5.74) is 13.4. The van der Waals surface area contributed by atoms with E-state index in [1.807, 2.05) is 30.3 Å². The van der Waals surface area contributed by atoms with Gasteiger partial charge in [0.2, 0.25) is 11.8 Å². The van der Waals surface area contributed by atoms with Gasteiger partial charge in [0.05, 0.1) is 18.5 Å². The van der Waals surface area contributed by atoms with Crippen molar-refractivity contribution in [3.05, 3.63) is 41.5 Å². The molecule has 24 heavy (non-hydrogen) atoms. The molecule has 0 saturated carbocycles. The summed E-state index contributed by atoms with van der Waals surface area (Å²) in [5, 5.41) is 0. The molecule has 0 unspecified atom stereocenters. The number of benzene rings is 1. The van der Waals surface area contributed by atoms with Gasteiger partial charge >= 0.3 is 0 Å². The molecule has 1 heterocycles. The van der Waals surface area contributed by atoms with Crippen LogP contribution in [0.5, 0.6) is 5.88 Å². The Morgan fingerprint density at radius 3 is 2.46 bits per heavy atom. The Hall–Kier alpha value is -2.11. The number of rotatable bonds is 8. The van der Waals surface area contributed by atoms with Gasteiger partial charge in [-0.2, -0.15) is 9.97 Å². The second kappa shape index (κ2) is 8.13. The molecular weight excluding hydrogens is 327 g/mol. The summed E-state index contributed by atoms with van der Waals surface area (Å²) in [6.45, 7) is 3.92. The predicted molar refractivity (Wildman–Crippen MR) is 95.9 cm³/mol. The molecule has 0 aliphatic rings. The summed E-state index contributed by atoms with van der Waals surface area (Å²) >= 11 is 0. The summed E-state index contributed by atoms with van der Waals surface area (Å²) < 4.78 is 22.6. The largest absolute Gasteiger partial charge is 0.475 e. The molecule has 130 valence electrons. The minimum atomic E-state index is -2.19. The summed E-state index contributed by atoms with van der Waals surface area (Å²) in [4.78, 5) is 8.13. The van der Waals surface area contributed by atoms with Crippen molar-refractivity contribution in [1.29, 1.82) is 0 Å². The van der Waals surface area contributed by atoms with Gasteiger partial charge in [0.15, 0.2) is 0 Å². The number of aromatic nitrogens is 2. The first-order valence-corrected chi connectivity index (χ1v) is 10.3. The second-order valence-electron chi connectivity index (χ2n) is 5.87. The van der Waals surface area contributed by atoms with Crippen molar-refractivity contribution in [2.45, 2.75) is 6.42 Å². The molecule has 0 amide bonds. The van der Waals surface area contributed by atoms with E-state index in [0.29, 0.717) is 30.3 Å². The first-order valence-electron chi connectivity index (χ1n) is 7.55. The summed E-state index contributed by atoms with van der Waals surface area (Å²) in [7, 11) is -2.19. The van der Waals surface area contributed by atoms with Crippen LogP contribution in [0.4, 0.5) is 11.8 Å². The molecule has 0 bridgehead atoms. The SMILES string of the molecule is CP(C)(=O)COCCOc1nc(N)nc(N)c1Cc1ccccc1. The van der Waals surface area contributed by atoms with Crippen molar-refractivity contribution < 1.29 is 14.0 Å². The second-order valence-corrected chi connectivity index (χ2v) is 9.28. The Morgan fingerprint density at radius 2 is 1.79 bits per heavy atom. The van der Waals surface area contributed by atoms with Gasteiger partial charge in [-0.25, -0.2) is 0 Å². The number of anilines is 2. The maximum atomic E-state index is 11.6. The van der Waals surface area contributed by atoms with E-state index in [9.17, 15) is 4.57 Å². The molecular formula is C16H23N4O3P. The molecule has 0 fully saturated rings. The zero-order valence-electron chi connectivity index (χ0n) is 13.9. The van der Waals surface area contributed by atoms with Gasteiger partial charge in [-0.1, -0.05) is 30.3 Å². The fourth-order valence-corrected chi connectivity index (χ4v) is 2.63. The van der Waals surface area contributed by atoms with Crippen molar-refractivity contribution >= 4 is 18.9 Å². The van der Waals surface area contributed by atoms with Crippen molar-refractivity contribution in [1.82, 2.24) is 9.97 Å². The van der Waals surface area contributed by atoms with Crippen LogP contribution in [0.3, 0.4) is 0 Å². The lowest BCUT2D eigenvalue weighted by Crippen LogP contribution is -2.13. The van der Waals surface area contributed by atoms with Crippen LogP contribution in [0.25, 0.3) is 0 Å². The zero-order chi connectivity index (χ0) is 17.6. The van der Waals surface area contributed by atoms with E-state index < -0.39 is 7.14 Å². The van der Waals surface area contributed by atoms with E-state index in [1.54, 1.807) is 13.3 Å². The summed E-state index contributed by atoms with van der Waals surface area (Å²) in [6.07, 6.45) is 0.767. The number of nitrogens with two attached hydrogens (primary N) is 2. The van der Waals surface area contributed by atoms with E-state index in [0.717, 1.165) is 5.56 Å². The van der Waals surface area contributed by atoms with Crippen molar-refractivity contribution in [2.75, 3.05) is 44.4 Å². The number of hydrogen-bond acceptors (Lipinski definition) is 7. The molecule has 2 rings (SSSR count). The van der Waals surface area contributed by atoms with Crippen molar-refractivity contribution in [3.63, 3.8) is 0 Å². The average molecular weight is 350 g/mol. The highest BCUT2D eigenvalue weighted by molar-refractivity contribution is 7.62. The first-order chi connectivity index (χ1) is 11.3. The zero-order valence-corrected chi connectivity index (χ0v) is 14.8. The Morgan fingerprint density at radius 1 is 1.08 bits per heavy atom. The first kappa shape index (κ1) is 18.2. The molecule has 7 nitrogen and oxygen atoms in total. The van der Waals surface area contributed by atoms with Crippen LogP contribution in [0.1, 0.15) is 11.1 Å². The molecule has 1 aromatic carbocycles. The minimum absolute atomic E-state index is 0.0619. The van der Waals surface area contributed by atoms with E-state index in [-0.39, 0.29) is 18.9 Å². The molecule has 1 aromatic heterocycles. The van der Waals surface area contributed by atoms with Crippen molar-refractivity contribution in [2.24, 2.45) is 0 Å². The van der Waals surface area contributed by atoms with Gasteiger partial charge in [-0.15, -0.1) is 0 Å². The Bertz CT molecular complexity index is 719. The smallest absolute Gasteiger partial charge is 0.225 e. The Balaban J connectivity index is 2.04. The molecule has 8 heteroatoms. The molecule has 0 atom stereocenters. The molecule has 0 aliphatic carbocycles. The van der Waals surface area contributed by atoms with Crippen LogP contribution in [0, 0.1) is 0 Å². The standard InChI is InChI=1S/C16H23N4O3P/c1-24(2,21)11-22-8-9-23-15-13(14(17)19-16(18)20-15)10-12-6-4-3-5-7-12/h3-7H,8-11H2,1-2H3,(H4,17,18,19,20). The lowest BCUT2D eigenvalue weighted by Gasteiger charge is -2.13. The fraction of sp³-hybridized carbons (Fsp3) is 0.375. The third-order valence-corrected chi connectivity index (χ3v) is 3.92. The normalized spacial score (nSPS) is 11.4. The van der Waals surface area contributed by atoms with Gasteiger partial charge in [0, 0.05) is 6.42 Å². The van der Waals surface area contributed by atoms with Crippen LogP contribution in [0.2, 0.25) is 0 Å². The molecule has 0 radical (unpaired) electrons. The third-order valence-electron chi connectivity index (χ3n) is 3.11. The van der Waals surface area contributed by atoms with E-state index in [1.165, 1.54) is 0 Å². The van der Waals surface area contributed by atoms with E-state index in [2.05, 4.69) is 9.97 Å². The highest BCUT2D eigenvalue weighted by atomic mass is 31.2. The monoisotopic (exact) mass is 350 g/mol. The van der Waals surface area contributed by atoms with Crippen LogP contribution in [0.15, 0.2) is 30.3 Å². The summed E-state index contributed by atoms with van der Waals surface area (Å²) in [6, 6.07) is 9.82. The maximum absolute atomic E-state index is 11.6. The maximum Gasteiger partial charge on any atom is 0.225 e. The molecule has 2 aromatic rings. The molecule has 0 spiro atoms. The highest BCUT2D eigenvalue weighted by Gasteiger charge is 2.14. The molecule has 4 N–H and O–H groups in total. The molecule has 0 saturated heterocycles. The quantitative estimate of drug-likeness (QED) is 0.554. The highest BCUT2D eigenvalue weighted by Crippen LogP contribution is 2.35. The van der Waals surface area contributed by atoms with Crippen LogP contribution < -0.4 is 16.2 Å². The van der Waals surface area contributed by atoms with Gasteiger partial charge in [-0.05, 0) is 18.9 Å². The van der Waals surface area contributed by atoms with E-state index in [4.69, 9.17) is 20.9 Å². The number of nitrogen functional groups attached to an aromatic ring is 2. The fourth-order valence-electron chi connectivity index (χ4n) is 2.06. The number of ether oxygens (including phenoxy) is 2. The van der Waals surface area contributed by atoms with E-state index >= 15 is 0 Å². The van der Waals surface area contributed by atoms with Crippen LogP contribution in [-0.4, -0.2) is 42.9 Å². The van der Waals surface area contributed by atoms with Gasteiger partial charge in [0.25, 0.3) is 0 Å². The Kier molecular flexibility index (Phi) is 6.17. The van der Waals surface area contributed by atoms with Gasteiger partial charge in [0.1, 0.15) is 19.6 Å². The molecule has 0 aliphatic heterocycles. The number of nitrogens with zero attached hydrogens (tertiary/aromatic N) is 2. The third kappa shape index (κ3) is 5.83. The summed E-state index contributed by atoms with van der Waals surface area (Å²) in [5.74, 6) is 0.712. The topological polar surface area (TPSA) is 113 Å². The van der Waals surface area contributed by atoms with Crippen molar-refractivity contribution in [3.8, 4) is 5.88 Å². The van der Waals surface area contributed by atoms with Crippen LogP contribution in [-0.2, 0) is 15.7 Å². The predicted octanol–water partition coefficient (Wildman–Crippen LogP) is 2.21. The lowest BCUT2D eigenvalue weighted by molar-refractivity contribution is 0.128. The average Bonchev–Trinajstić information content (AvgIpc) is 2.50. The lowest BCUT2D eigenvalue weighted by atomic mass is 10.1. The number of hydrogen-bond donors (Lipinski definition) is 2. The van der Waals surface area contributed by atoms with Gasteiger partial charge < -0.3 is 25.5 Å².